The average molecular weight is 207 g/mol. The Balaban J connectivity index is 2.47. The molecule has 3 nitrogen and oxygen atoms in total. The maximum Gasteiger partial charge on any atom is 0.248 e. The minimum absolute atomic E-state index is 0.422. The first-order chi connectivity index (χ1) is 7.24. The standard InChI is InChI=1S/C12H17NO2/c1-2-3-4-8-15-11-7-5-6-10(9-11)12(13)14/h5-7,9H,2-4,8H2,1H3,(H2,13,14). The summed E-state index contributed by atoms with van der Waals surface area (Å²) in [6, 6.07) is 6.96. The van der Waals surface area contributed by atoms with Gasteiger partial charge in [0, 0.05) is 5.56 Å². The molecular weight excluding hydrogens is 190 g/mol. The predicted octanol–water partition coefficient (Wildman–Crippen LogP) is 2.35. The van der Waals surface area contributed by atoms with Gasteiger partial charge in [-0.1, -0.05) is 25.8 Å². The summed E-state index contributed by atoms with van der Waals surface area (Å²) < 4.78 is 5.49. The summed E-state index contributed by atoms with van der Waals surface area (Å²) in [6.07, 6.45) is 3.37. The van der Waals surface area contributed by atoms with Crippen molar-refractivity contribution in [3.8, 4) is 5.75 Å². The second kappa shape index (κ2) is 6.06. The first-order valence-corrected chi connectivity index (χ1v) is 5.26. The molecule has 0 bridgehead atoms. The molecule has 2 N–H and O–H groups in total. The molecule has 0 atom stereocenters. The van der Waals surface area contributed by atoms with Gasteiger partial charge in [0.05, 0.1) is 6.61 Å². The zero-order chi connectivity index (χ0) is 11.1. The van der Waals surface area contributed by atoms with Gasteiger partial charge in [0.1, 0.15) is 5.75 Å². The van der Waals surface area contributed by atoms with E-state index >= 15 is 0 Å². The van der Waals surface area contributed by atoms with Crippen molar-refractivity contribution >= 4 is 5.91 Å². The van der Waals surface area contributed by atoms with Crippen LogP contribution in [-0.2, 0) is 0 Å². The van der Waals surface area contributed by atoms with E-state index in [9.17, 15) is 4.79 Å². The number of hydrogen-bond donors (Lipinski definition) is 1. The van der Waals surface area contributed by atoms with Crippen molar-refractivity contribution < 1.29 is 9.53 Å². The number of amides is 1. The van der Waals surface area contributed by atoms with E-state index in [-0.39, 0.29) is 0 Å². The van der Waals surface area contributed by atoms with Crippen molar-refractivity contribution in [1.29, 1.82) is 0 Å². The third-order valence-electron chi connectivity index (χ3n) is 2.14. The first-order valence-electron chi connectivity index (χ1n) is 5.26. The highest BCUT2D eigenvalue weighted by atomic mass is 16.5. The maximum absolute atomic E-state index is 10.9. The molecule has 15 heavy (non-hydrogen) atoms. The van der Waals surface area contributed by atoms with E-state index in [1.54, 1.807) is 18.2 Å². The Morgan fingerprint density at radius 3 is 2.87 bits per heavy atom. The molecule has 0 radical (unpaired) electrons. The summed E-state index contributed by atoms with van der Waals surface area (Å²) in [5.74, 6) is 0.288. The van der Waals surface area contributed by atoms with Crippen LogP contribution in [0.5, 0.6) is 5.75 Å². The molecule has 1 aromatic rings. The Labute approximate surface area is 90.2 Å². The molecule has 0 spiro atoms. The molecule has 0 saturated carbocycles. The molecule has 0 saturated heterocycles. The van der Waals surface area contributed by atoms with Crippen LogP contribution in [0.1, 0.15) is 36.5 Å². The SMILES string of the molecule is CCCCCOc1cccc(C(N)=O)c1. The number of carbonyl (C=O) groups is 1. The Morgan fingerprint density at radius 2 is 2.20 bits per heavy atom. The molecule has 0 aliphatic rings. The lowest BCUT2D eigenvalue weighted by molar-refractivity contribution is 0.1000. The van der Waals surface area contributed by atoms with Crippen LogP contribution in [0.15, 0.2) is 24.3 Å². The predicted molar refractivity (Wildman–Crippen MR) is 60.0 cm³/mol. The normalized spacial score (nSPS) is 9.93. The van der Waals surface area contributed by atoms with Gasteiger partial charge in [-0.25, -0.2) is 0 Å². The zero-order valence-electron chi connectivity index (χ0n) is 9.03. The summed E-state index contributed by atoms with van der Waals surface area (Å²) in [6.45, 7) is 2.84. The molecule has 1 aromatic carbocycles. The topological polar surface area (TPSA) is 52.3 Å². The lowest BCUT2D eigenvalue weighted by Gasteiger charge is -2.06. The summed E-state index contributed by atoms with van der Waals surface area (Å²) in [5.41, 5.74) is 5.65. The number of ether oxygens (including phenoxy) is 1. The molecule has 0 unspecified atom stereocenters. The van der Waals surface area contributed by atoms with Crippen molar-refractivity contribution in [3.05, 3.63) is 29.8 Å². The summed E-state index contributed by atoms with van der Waals surface area (Å²) in [7, 11) is 0. The Morgan fingerprint density at radius 1 is 1.40 bits per heavy atom. The van der Waals surface area contributed by atoms with E-state index in [2.05, 4.69) is 6.92 Å². The van der Waals surface area contributed by atoms with E-state index in [0.29, 0.717) is 17.9 Å². The lowest BCUT2D eigenvalue weighted by atomic mass is 10.2. The van der Waals surface area contributed by atoms with Crippen molar-refractivity contribution in [2.45, 2.75) is 26.2 Å². The molecule has 82 valence electrons. The van der Waals surface area contributed by atoms with Crippen LogP contribution in [0.3, 0.4) is 0 Å². The molecule has 0 aliphatic carbocycles. The largest absolute Gasteiger partial charge is 0.494 e. The molecule has 3 heteroatoms. The van der Waals surface area contributed by atoms with Gasteiger partial charge in [0.15, 0.2) is 0 Å². The molecular formula is C12H17NO2. The lowest BCUT2D eigenvalue weighted by Crippen LogP contribution is -2.10. The minimum Gasteiger partial charge on any atom is -0.494 e. The fraction of sp³-hybridized carbons (Fsp3) is 0.417. The van der Waals surface area contributed by atoms with Crippen LogP contribution in [0.4, 0.5) is 0 Å². The van der Waals surface area contributed by atoms with Gasteiger partial charge in [-0.3, -0.25) is 4.79 Å². The Kier molecular flexibility index (Phi) is 4.68. The second-order valence-electron chi connectivity index (χ2n) is 3.45. The smallest absolute Gasteiger partial charge is 0.248 e. The fourth-order valence-electron chi connectivity index (χ4n) is 1.28. The minimum atomic E-state index is -0.422. The van der Waals surface area contributed by atoms with Crippen LogP contribution in [0.25, 0.3) is 0 Å². The number of primary amides is 1. The van der Waals surface area contributed by atoms with Crippen LogP contribution in [-0.4, -0.2) is 12.5 Å². The van der Waals surface area contributed by atoms with E-state index < -0.39 is 5.91 Å². The number of unbranched alkanes of at least 4 members (excludes halogenated alkanes) is 2. The second-order valence-corrected chi connectivity index (χ2v) is 3.45. The molecule has 0 aliphatic heterocycles. The highest BCUT2D eigenvalue weighted by Gasteiger charge is 2.01. The highest BCUT2D eigenvalue weighted by Crippen LogP contribution is 2.13. The monoisotopic (exact) mass is 207 g/mol. The number of rotatable bonds is 6. The van der Waals surface area contributed by atoms with Gasteiger partial charge < -0.3 is 10.5 Å². The van der Waals surface area contributed by atoms with Crippen LogP contribution in [0.2, 0.25) is 0 Å². The maximum atomic E-state index is 10.9. The van der Waals surface area contributed by atoms with Gasteiger partial charge in [0.25, 0.3) is 0 Å². The highest BCUT2D eigenvalue weighted by molar-refractivity contribution is 5.93. The molecule has 0 fully saturated rings. The Bertz CT molecular complexity index is 323. The third-order valence-corrected chi connectivity index (χ3v) is 2.14. The molecule has 0 aromatic heterocycles. The molecule has 0 heterocycles. The fourth-order valence-corrected chi connectivity index (χ4v) is 1.28. The summed E-state index contributed by atoms with van der Waals surface area (Å²) >= 11 is 0. The van der Waals surface area contributed by atoms with E-state index in [4.69, 9.17) is 10.5 Å². The van der Waals surface area contributed by atoms with Crippen LogP contribution >= 0.6 is 0 Å². The summed E-state index contributed by atoms with van der Waals surface area (Å²) in [5, 5.41) is 0. The van der Waals surface area contributed by atoms with E-state index in [1.807, 2.05) is 6.07 Å². The van der Waals surface area contributed by atoms with Gasteiger partial charge in [-0.05, 0) is 24.6 Å². The molecule has 1 amide bonds. The zero-order valence-corrected chi connectivity index (χ0v) is 9.03. The molecule has 1 rings (SSSR count). The third kappa shape index (κ3) is 4.02. The van der Waals surface area contributed by atoms with E-state index in [0.717, 1.165) is 12.8 Å². The number of benzene rings is 1. The first kappa shape index (κ1) is 11.6. The van der Waals surface area contributed by atoms with Gasteiger partial charge in [-0.2, -0.15) is 0 Å². The van der Waals surface area contributed by atoms with Crippen molar-refractivity contribution in [2.75, 3.05) is 6.61 Å². The van der Waals surface area contributed by atoms with Crippen molar-refractivity contribution in [2.24, 2.45) is 5.73 Å². The van der Waals surface area contributed by atoms with Crippen molar-refractivity contribution in [1.82, 2.24) is 0 Å². The Hall–Kier alpha value is -1.51. The van der Waals surface area contributed by atoms with E-state index in [1.165, 1.54) is 6.42 Å². The summed E-state index contributed by atoms with van der Waals surface area (Å²) in [4.78, 5) is 10.9. The number of hydrogen-bond acceptors (Lipinski definition) is 2. The van der Waals surface area contributed by atoms with Gasteiger partial charge >= 0.3 is 0 Å². The average Bonchev–Trinajstić information content (AvgIpc) is 2.25. The van der Waals surface area contributed by atoms with Gasteiger partial charge in [-0.15, -0.1) is 0 Å². The van der Waals surface area contributed by atoms with Crippen LogP contribution < -0.4 is 10.5 Å². The van der Waals surface area contributed by atoms with Crippen LogP contribution in [0, 0.1) is 0 Å². The number of carbonyl (C=O) groups excluding carboxylic acids is 1. The quantitative estimate of drug-likeness (QED) is 0.728. The number of nitrogens with two attached hydrogens (primary N) is 1. The van der Waals surface area contributed by atoms with Crippen molar-refractivity contribution in [3.63, 3.8) is 0 Å². The van der Waals surface area contributed by atoms with Gasteiger partial charge in [0.2, 0.25) is 5.91 Å².